The van der Waals surface area contributed by atoms with Crippen molar-refractivity contribution >= 4 is 5.97 Å². The number of hydrogen-bond acceptors (Lipinski definition) is 3. The van der Waals surface area contributed by atoms with E-state index in [4.69, 9.17) is 9.52 Å². The molecule has 4 nitrogen and oxygen atoms in total. The molecule has 0 atom stereocenters. The Balaban J connectivity index is 3.03. The lowest BCUT2D eigenvalue weighted by Crippen LogP contribution is -2.00. The van der Waals surface area contributed by atoms with Crippen LogP contribution >= 0.6 is 0 Å². The fraction of sp³-hybridized carbons (Fsp3) is 0.636. The summed E-state index contributed by atoms with van der Waals surface area (Å²) in [5.74, 6) is 0.684. The molecule has 0 spiro atoms. The van der Waals surface area contributed by atoms with Gasteiger partial charge < -0.3 is 9.52 Å². The van der Waals surface area contributed by atoms with E-state index in [2.05, 4.69) is 4.98 Å². The van der Waals surface area contributed by atoms with Crippen LogP contribution in [0.25, 0.3) is 0 Å². The molecule has 1 rings (SSSR count). The quantitative estimate of drug-likeness (QED) is 0.831. The number of nitrogens with zero attached hydrogens (tertiary/aromatic N) is 1. The normalized spacial score (nSPS) is 11.3. The number of aliphatic carboxylic acids is 1. The van der Waals surface area contributed by atoms with Gasteiger partial charge in [-0.15, -0.1) is 0 Å². The van der Waals surface area contributed by atoms with Crippen LogP contribution < -0.4 is 0 Å². The molecule has 84 valence electrons. The molecule has 0 aromatic carbocycles. The smallest absolute Gasteiger partial charge is 0.312 e. The van der Waals surface area contributed by atoms with Crippen LogP contribution in [0.4, 0.5) is 0 Å². The van der Waals surface area contributed by atoms with E-state index in [1.54, 1.807) is 0 Å². The van der Waals surface area contributed by atoms with Gasteiger partial charge in [0.15, 0.2) is 0 Å². The molecule has 0 aliphatic carbocycles. The highest BCUT2D eigenvalue weighted by Gasteiger charge is 2.19. The lowest BCUT2D eigenvalue weighted by molar-refractivity contribution is -0.136. The number of carbonyl (C=O) groups is 1. The zero-order chi connectivity index (χ0) is 11.6. The second-order valence-corrected chi connectivity index (χ2v) is 4.24. The predicted octanol–water partition coefficient (Wildman–Crippen LogP) is 2.55. The van der Waals surface area contributed by atoms with Crippen molar-refractivity contribution in [3.63, 3.8) is 0 Å². The molecule has 0 aliphatic rings. The highest BCUT2D eigenvalue weighted by molar-refractivity contribution is 5.68. The van der Waals surface area contributed by atoms with Gasteiger partial charge in [0.05, 0.1) is 5.69 Å². The number of rotatable bonds is 4. The number of carboxylic acid groups (broad SMARTS) is 1. The predicted molar refractivity (Wildman–Crippen MR) is 56.0 cm³/mol. The molecular weight excluding hydrogens is 194 g/mol. The second-order valence-electron chi connectivity index (χ2n) is 4.24. The van der Waals surface area contributed by atoms with Gasteiger partial charge in [-0.05, 0) is 5.92 Å². The lowest BCUT2D eigenvalue weighted by atomic mass is 10.0. The summed E-state index contributed by atoms with van der Waals surface area (Å²) in [5, 5.41) is 8.64. The highest BCUT2D eigenvalue weighted by Crippen LogP contribution is 2.26. The Hall–Kier alpha value is -1.32. The van der Waals surface area contributed by atoms with E-state index >= 15 is 0 Å². The standard InChI is InChI=1S/C11H17NO3/c1-6(2)10-11(7(3)4)15-8(12-10)5-9(13)14/h6-7H,5H2,1-4H3,(H,13,14). The minimum atomic E-state index is -0.915. The van der Waals surface area contributed by atoms with Gasteiger partial charge in [0.25, 0.3) is 0 Å². The first-order chi connectivity index (χ1) is 6.91. The fourth-order valence-electron chi connectivity index (χ4n) is 1.42. The van der Waals surface area contributed by atoms with Crippen LogP contribution in [-0.2, 0) is 11.2 Å². The number of hydrogen-bond donors (Lipinski definition) is 1. The molecule has 1 aromatic heterocycles. The Kier molecular flexibility index (Phi) is 3.50. The summed E-state index contributed by atoms with van der Waals surface area (Å²) in [4.78, 5) is 14.8. The van der Waals surface area contributed by atoms with Crippen LogP contribution in [0.2, 0.25) is 0 Å². The first-order valence-electron chi connectivity index (χ1n) is 5.13. The Morgan fingerprint density at radius 1 is 1.33 bits per heavy atom. The van der Waals surface area contributed by atoms with E-state index in [-0.39, 0.29) is 18.3 Å². The highest BCUT2D eigenvalue weighted by atomic mass is 16.4. The molecule has 0 aliphatic heterocycles. The van der Waals surface area contributed by atoms with Crippen LogP contribution in [0.3, 0.4) is 0 Å². The third kappa shape index (κ3) is 2.81. The first-order valence-corrected chi connectivity index (χ1v) is 5.13. The van der Waals surface area contributed by atoms with Gasteiger partial charge in [0, 0.05) is 5.92 Å². The third-order valence-electron chi connectivity index (χ3n) is 2.10. The van der Waals surface area contributed by atoms with Crippen molar-refractivity contribution in [3.8, 4) is 0 Å². The van der Waals surface area contributed by atoms with E-state index in [0.717, 1.165) is 11.5 Å². The van der Waals surface area contributed by atoms with Crippen LogP contribution in [0.1, 0.15) is 56.9 Å². The van der Waals surface area contributed by atoms with E-state index in [1.165, 1.54) is 0 Å². The van der Waals surface area contributed by atoms with Crippen LogP contribution in [-0.4, -0.2) is 16.1 Å². The van der Waals surface area contributed by atoms with Gasteiger partial charge in [-0.1, -0.05) is 27.7 Å². The van der Waals surface area contributed by atoms with E-state index in [9.17, 15) is 4.79 Å². The molecule has 15 heavy (non-hydrogen) atoms. The van der Waals surface area contributed by atoms with Crippen LogP contribution in [0.15, 0.2) is 4.42 Å². The molecule has 1 aromatic rings. The number of aromatic nitrogens is 1. The average Bonchev–Trinajstić information content (AvgIpc) is 2.46. The molecule has 0 bridgehead atoms. The zero-order valence-electron chi connectivity index (χ0n) is 9.57. The maximum absolute atomic E-state index is 10.5. The van der Waals surface area contributed by atoms with Crippen molar-refractivity contribution in [2.45, 2.75) is 46.0 Å². The zero-order valence-corrected chi connectivity index (χ0v) is 9.57. The minimum absolute atomic E-state index is 0.146. The Morgan fingerprint density at radius 3 is 2.27 bits per heavy atom. The molecule has 0 fully saturated rings. The van der Waals surface area contributed by atoms with Crippen molar-refractivity contribution in [1.82, 2.24) is 4.98 Å². The van der Waals surface area contributed by atoms with Gasteiger partial charge >= 0.3 is 5.97 Å². The van der Waals surface area contributed by atoms with Gasteiger partial charge in [0.2, 0.25) is 5.89 Å². The van der Waals surface area contributed by atoms with Crippen molar-refractivity contribution in [2.24, 2.45) is 0 Å². The maximum Gasteiger partial charge on any atom is 0.312 e. The molecule has 0 amide bonds. The van der Waals surface area contributed by atoms with E-state index < -0.39 is 5.97 Å². The molecule has 4 heteroatoms. The fourth-order valence-corrected chi connectivity index (χ4v) is 1.42. The molecule has 0 saturated carbocycles. The molecule has 0 saturated heterocycles. The topological polar surface area (TPSA) is 63.3 Å². The van der Waals surface area contributed by atoms with Gasteiger partial charge in [-0.3, -0.25) is 4.79 Å². The summed E-state index contributed by atoms with van der Waals surface area (Å²) < 4.78 is 5.46. The van der Waals surface area contributed by atoms with Crippen molar-refractivity contribution in [1.29, 1.82) is 0 Å². The summed E-state index contributed by atoms with van der Waals surface area (Å²) in [5.41, 5.74) is 0.876. The van der Waals surface area contributed by atoms with Crippen molar-refractivity contribution in [2.75, 3.05) is 0 Å². The van der Waals surface area contributed by atoms with Crippen molar-refractivity contribution in [3.05, 3.63) is 17.3 Å². The van der Waals surface area contributed by atoms with E-state index in [1.807, 2.05) is 27.7 Å². The maximum atomic E-state index is 10.5. The SMILES string of the molecule is CC(C)c1nc(CC(=O)O)oc1C(C)C. The summed E-state index contributed by atoms with van der Waals surface area (Å²) in [6.07, 6.45) is -0.146. The summed E-state index contributed by atoms with van der Waals surface area (Å²) in [6.45, 7) is 8.07. The average molecular weight is 211 g/mol. The largest absolute Gasteiger partial charge is 0.481 e. The van der Waals surface area contributed by atoms with Gasteiger partial charge in [-0.25, -0.2) is 4.98 Å². The molecule has 1 heterocycles. The summed E-state index contributed by atoms with van der Waals surface area (Å²) in [6, 6.07) is 0. The monoisotopic (exact) mass is 211 g/mol. The Morgan fingerprint density at radius 2 is 1.93 bits per heavy atom. The van der Waals surface area contributed by atoms with Crippen molar-refractivity contribution < 1.29 is 14.3 Å². The Labute approximate surface area is 89.3 Å². The van der Waals surface area contributed by atoms with Gasteiger partial charge in [-0.2, -0.15) is 0 Å². The summed E-state index contributed by atoms with van der Waals surface area (Å²) in [7, 11) is 0. The molecule has 0 unspecified atom stereocenters. The lowest BCUT2D eigenvalue weighted by Gasteiger charge is -2.05. The molecule has 0 radical (unpaired) electrons. The van der Waals surface area contributed by atoms with E-state index in [0.29, 0.717) is 5.89 Å². The minimum Gasteiger partial charge on any atom is -0.481 e. The number of oxazole rings is 1. The van der Waals surface area contributed by atoms with Crippen LogP contribution in [0.5, 0.6) is 0 Å². The first kappa shape index (κ1) is 11.8. The molecule has 1 N–H and O–H groups in total. The third-order valence-corrected chi connectivity index (χ3v) is 2.10. The molecular formula is C11H17NO3. The van der Waals surface area contributed by atoms with Crippen LogP contribution in [0, 0.1) is 0 Å². The number of carboxylic acids is 1. The Bertz CT molecular complexity index is 327. The summed E-state index contributed by atoms with van der Waals surface area (Å²) >= 11 is 0. The van der Waals surface area contributed by atoms with Gasteiger partial charge in [0.1, 0.15) is 12.2 Å². The second kappa shape index (κ2) is 4.47.